The number of hydrogen-bond acceptors (Lipinski definition) is 0. The van der Waals surface area contributed by atoms with E-state index in [0.29, 0.717) is 33.2 Å². The zero-order valence-corrected chi connectivity index (χ0v) is 15.0. The second-order valence-electron chi connectivity index (χ2n) is 4.94. The molecule has 0 saturated carbocycles. The molecule has 0 N–H and O–H groups in total. The summed E-state index contributed by atoms with van der Waals surface area (Å²) in [5.74, 6) is -0.620. The quantitative estimate of drug-likeness (QED) is 0.511. The maximum Gasteiger partial charge on any atom is 0.127 e. The highest BCUT2D eigenvalue weighted by atomic mass is 79.9. The number of alkyl halides is 2. The molecule has 5 heteroatoms. The summed E-state index contributed by atoms with van der Waals surface area (Å²) in [5.41, 5.74) is 0.709. The van der Waals surface area contributed by atoms with Gasteiger partial charge in [-0.3, -0.25) is 0 Å². The summed E-state index contributed by atoms with van der Waals surface area (Å²) in [4.78, 5) is 0. The number of halogens is 5. The average molecular weight is 439 g/mol. The second kappa shape index (κ2) is 7.21. The van der Waals surface area contributed by atoms with E-state index in [1.165, 1.54) is 24.3 Å². The molecule has 0 radical (unpaired) electrons. The van der Waals surface area contributed by atoms with E-state index in [-0.39, 0.29) is 11.6 Å². The molecule has 2 aromatic rings. The van der Waals surface area contributed by atoms with E-state index in [4.69, 9.17) is 11.6 Å². The standard InChI is InChI=1S/C16H13Br2ClF2/c17-9-16(10-18,13-3-1-2-4-15(13)21)8-11-7-12(20)5-6-14(11)19/h1-7H,8-10H2. The zero-order valence-electron chi connectivity index (χ0n) is 11.1. The van der Waals surface area contributed by atoms with Crippen molar-refractivity contribution < 1.29 is 8.78 Å². The smallest absolute Gasteiger partial charge is 0.127 e. The van der Waals surface area contributed by atoms with Crippen LogP contribution in [0, 0.1) is 11.6 Å². The minimum Gasteiger partial charge on any atom is -0.207 e. The van der Waals surface area contributed by atoms with Crippen molar-refractivity contribution in [1.82, 2.24) is 0 Å². The van der Waals surface area contributed by atoms with Crippen LogP contribution in [-0.4, -0.2) is 10.7 Å². The minimum atomic E-state index is -0.539. The second-order valence-corrected chi connectivity index (χ2v) is 6.47. The molecule has 0 aliphatic carbocycles. The molecule has 0 bridgehead atoms. The van der Waals surface area contributed by atoms with Gasteiger partial charge in [0.1, 0.15) is 11.6 Å². The molecule has 0 spiro atoms. The van der Waals surface area contributed by atoms with Crippen LogP contribution >= 0.6 is 43.5 Å². The predicted molar refractivity (Wildman–Crippen MR) is 90.8 cm³/mol. The molecule has 0 atom stereocenters. The normalized spacial score (nSPS) is 11.7. The molecular formula is C16H13Br2ClF2. The number of rotatable bonds is 5. The van der Waals surface area contributed by atoms with Crippen molar-refractivity contribution in [2.75, 3.05) is 10.7 Å². The van der Waals surface area contributed by atoms with Crippen LogP contribution in [0.3, 0.4) is 0 Å². The number of benzene rings is 2. The topological polar surface area (TPSA) is 0 Å². The number of hydrogen-bond donors (Lipinski definition) is 0. The Morgan fingerprint density at radius 3 is 2.29 bits per heavy atom. The molecular weight excluding hydrogens is 425 g/mol. The van der Waals surface area contributed by atoms with Gasteiger partial charge in [-0.15, -0.1) is 0 Å². The Balaban J connectivity index is 2.48. The Morgan fingerprint density at radius 1 is 1.00 bits per heavy atom. The van der Waals surface area contributed by atoms with Crippen LogP contribution < -0.4 is 0 Å². The Kier molecular flexibility index (Phi) is 5.81. The Hall–Kier alpha value is -0.450. The lowest BCUT2D eigenvalue weighted by molar-refractivity contribution is 0.499. The largest absolute Gasteiger partial charge is 0.207 e. The summed E-state index contributed by atoms with van der Waals surface area (Å²) in [7, 11) is 0. The first-order chi connectivity index (χ1) is 10.0. The molecule has 112 valence electrons. The fraction of sp³-hybridized carbons (Fsp3) is 0.250. The van der Waals surface area contributed by atoms with Gasteiger partial charge in [-0.2, -0.15) is 0 Å². The van der Waals surface area contributed by atoms with E-state index in [9.17, 15) is 8.78 Å². The van der Waals surface area contributed by atoms with Gasteiger partial charge >= 0.3 is 0 Å². The summed E-state index contributed by atoms with van der Waals surface area (Å²) < 4.78 is 27.6. The van der Waals surface area contributed by atoms with Crippen molar-refractivity contribution in [1.29, 1.82) is 0 Å². The van der Waals surface area contributed by atoms with E-state index in [2.05, 4.69) is 31.9 Å². The Labute approximate surface area is 144 Å². The van der Waals surface area contributed by atoms with Gasteiger partial charge in [0, 0.05) is 21.1 Å². The minimum absolute atomic E-state index is 0.274. The van der Waals surface area contributed by atoms with Gasteiger partial charge < -0.3 is 0 Å². The van der Waals surface area contributed by atoms with Crippen molar-refractivity contribution >= 4 is 43.5 Å². The fourth-order valence-electron chi connectivity index (χ4n) is 2.30. The van der Waals surface area contributed by atoms with Crippen molar-refractivity contribution in [3.63, 3.8) is 0 Å². The van der Waals surface area contributed by atoms with Gasteiger partial charge in [0.25, 0.3) is 0 Å². The molecule has 0 heterocycles. The third-order valence-electron chi connectivity index (χ3n) is 3.49. The van der Waals surface area contributed by atoms with Gasteiger partial charge in [0.05, 0.1) is 0 Å². The van der Waals surface area contributed by atoms with Gasteiger partial charge in [0.2, 0.25) is 0 Å². The summed E-state index contributed by atoms with van der Waals surface area (Å²) in [5, 5.41) is 1.54. The maximum atomic E-state index is 14.2. The van der Waals surface area contributed by atoms with Crippen LogP contribution in [0.15, 0.2) is 42.5 Å². The van der Waals surface area contributed by atoms with E-state index < -0.39 is 5.41 Å². The molecule has 2 aromatic carbocycles. The van der Waals surface area contributed by atoms with E-state index in [1.807, 2.05) is 0 Å². The summed E-state index contributed by atoms with van der Waals surface area (Å²) in [6.45, 7) is 0. The van der Waals surface area contributed by atoms with Crippen molar-refractivity contribution in [2.24, 2.45) is 0 Å². The predicted octanol–water partition coefficient (Wildman–Crippen LogP) is 5.89. The van der Waals surface area contributed by atoms with Crippen LogP contribution in [0.2, 0.25) is 5.02 Å². The summed E-state index contributed by atoms with van der Waals surface area (Å²) in [6, 6.07) is 10.9. The molecule has 2 rings (SSSR count). The SMILES string of the molecule is Fc1ccc(Cl)c(CC(CBr)(CBr)c2ccccc2F)c1. The van der Waals surface area contributed by atoms with E-state index in [0.717, 1.165) is 0 Å². The average Bonchev–Trinajstić information content (AvgIpc) is 2.49. The summed E-state index contributed by atoms with van der Waals surface area (Å²) >= 11 is 13.1. The van der Waals surface area contributed by atoms with Crippen molar-refractivity contribution in [3.8, 4) is 0 Å². The molecule has 0 saturated heterocycles. The lowest BCUT2D eigenvalue weighted by Gasteiger charge is -2.31. The fourth-order valence-corrected chi connectivity index (χ4v) is 4.42. The first kappa shape index (κ1) is 16.9. The first-order valence-corrected chi connectivity index (χ1v) is 8.95. The Morgan fingerprint density at radius 2 is 1.67 bits per heavy atom. The van der Waals surface area contributed by atoms with Gasteiger partial charge in [-0.25, -0.2) is 8.78 Å². The highest BCUT2D eigenvalue weighted by molar-refractivity contribution is 9.09. The molecule has 0 aliphatic rings. The molecule has 0 nitrogen and oxygen atoms in total. The highest BCUT2D eigenvalue weighted by Gasteiger charge is 2.33. The lowest BCUT2D eigenvalue weighted by atomic mass is 9.78. The van der Waals surface area contributed by atoms with Crippen LogP contribution in [0.25, 0.3) is 0 Å². The van der Waals surface area contributed by atoms with Crippen molar-refractivity contribution in [2.45, 2.75) is 11.8 Å². The third-order valence-corrected chi connectivity index (χ3v) is 6.01. The van der Waals surface area contributed by atoms with Gasteiger partial charge in [0.15, 0.2) is 0 Å². The first-order valence-electron chi connectivity index (χ1n) is 6.33. The van der Waals surface area contributed by atoms with Crippen LogP contribution in [0.1, 0.15) is 11.1 Å². The molecule has 0 unspecified atom stereocenters. The lowest BCUT2D eigenvalue weighted by Crippen LogP contribution is -2.34. The monoisotopic (exact) mass is 436 g/mol. The van der Waals surface area contributed by atoms with Crippen LogP contribution in [0.5, 0.6) is 0 Å². The van der Waals surface area contributed by atoms with Crippen molar-refractivity contribution in [3.05, 3.63) is 70.2 Å². The van der Waals surface area contributed by atoms with E-state index >= 15 is 0 Å². The van der Waals surface area contributed by atoms with Crippen LogP contribution in [0.4, 0.5) is 8.78 Å². The highest BCUT2D eigenvalue weighted by Crippen LogP contribution is 2.36. The molecule has 21 heavy (non-hydrogen) atoms. The third kappa shape index (κ3) is 3.66. The molecule has 0 fully saturated rings. The zero-order chi connectivity index (χ0) is 15.5. The van der Waals surface area contributed by atoms with Gasteiger partial charge in [-0.05, 0) is 41.8 Å². The van der Waals surface area contributed by atoms with Crippen LogP contribution in [-0.2, 0) is 11.8 Å². The van der Waals surface area contributed by atoms with Gasteiger partial charge in [-0.1, -0.05) is 61.7 Å². The maximum absolute atomic E-state index is 14.2. The molecule has 0 aliphatic heterocycles. The molecule has 0 amide bonds. The summed E-state index contributed by atoms with van der Waals surface area (Å²) in [6.07, 6.45) is 0.432. The molecule has 0 aromatic heterocycles. The Bertz CT molecular complexity index is 627. The van der Waals surface area contributed by atoms with E-state index in [1.54, 1.807) is 18.2 Å².